The van der Waals surface area contributed by atoms with Gasteiger partial charge in [0.05, 0.1) is 17.8 Å². The number of pyridine rings is 2. The topological polar surface area (TPSA) is 109 Å². The van der Waals surface area contributed by atoms with Crippen LogP contribution in [0.2, 0.25) is 5.02 Å². The summed E-state index contributed by atoms with van der Waals surface area (Å²) in [7, 11) is -3.11. The van der Waals surface area contributed by atoms with Crippen LogP contribution in [0.3, 0.4) is 0 Å². The van der Waals surface area contributed by atoms with Gasteiger partial charge in [0, 0.05) is 30.5 Å². The van der Waals surface area contributed by atoms with E-state index in [4.69, 9.17) is 16.3 Å². The smallest absolute Gasteiger partial charge is 0.267 e. The molecule has 0 aliphatic rings. The quantitative estimate of drug-likeness (QED) is 0.346. The highest BCUT2D eigenvalue weighted by Gasteiger charge is 2.24. The minimum absolute atomic E-state index is 0.0429. The monoisotopic (exact) mass is 493 g/mol. The number of sulfonamides is 1. The number of fused-ring (bicyclic) bond motifs is 1. The Labute approximate surface area is 193 Å². The lowest BCUT2D eigenvalue weighted by atomic mass is 10.2. The largest absolute Gasteiger partial charge is 0.480 e. The van der Waals surface area contributed by atoms with Gasteiger partial charge in [-0.2, -0.15) is 0 Å². The molecule has 1 aromatic carbocycles. The fourth-order valence-corrected chi connectivity index (χ4v) is 4.64. The summed E-state index contributed by atoms with van der Waals surface area (Å²) in [6, 6.07) is 4.90. The van der Waals surface area contributed by atoms with Gasteiger partial charge in [0.25, 0.3) is 10.0 Å². The maximum Gasteiger partial charge on any atom is 0.267 e. The number of ether oxygens (including phenoxy) is 1. The van der Waals surface area contributed by atoms with E-state index in [1.807, 2.05) is 19.2 Å². The summed E-state index contributed by atoms with van der Waals surface area (Å²) >= 11 is 5.85. The minimum atomic E-state index is -4.35. The van der Waals surface area contributed by atoms with Crippen LogP contribution in [0.1, 0.15) is 11.1 Å². The van der Waals surface area contributed by atoms with Gasteiger partial charge < -0.3 is 15.0 Å². The molecule has 0 saturated carbocycles. The van der Waals surface area contributed by atoms with Crippen LogP contribution in [-0.2, 0) is 16.6 Å². The van der Waals surface area contributed by atoms with Crippen LogP contribution in [-0.4, -0.2) is 30.5 Å². The van der Waals surface area contributed by atoms with Crippen molar-refractivity contribution in [2.24, 2.45) is 0 Å². The number of rotatable bonds is 7. The average molecular weight is 494 g/mol. The molecule has 0 radical (unpaired) electrons. The van der Waals surface area contributed by atoms with Crippen LogP contribution < -0.4 is 14.8 Å². The van der Waals surface area contributed by atoms with Gasteiger partial charge in [-0.3, -0.25) is 4.72 Å². The summed E-state index contributed by atoms with van der Waals surface area (Å²) in [4.78, 5) is 10.7. The Kier molecular flexibility index (Phi) is 6.09. The molecule has 0 amide bonds. The van der Waals surface area contributed by atoms with Crippen molar-refractivity contribution in [1.29, 1.82) is 0 Å². The Morgan fingerprint density at radius 2 is 1.97 bits per heavy atom. The highest BCUT2D eigenvalue weighted by molar-refractivity contribution is 7.92. The average Bonchev–Trinajstić information content (AvgIpc) is 3.16. The van der Waals surface area contributed by atoms with Crippen molar-refractivity contribution >= 4 is 44.0 Å². The van der Waals surface area contributed by atoms with Crippen molar-refractivity contribution in [2.75, 3.05) is 17.1 Å². The Morgan fingerprint density at radius 1 is 1.18 bits per heavy atom. The van der Waals surface area contributed by atoms with E-state index < -0.39 is 37.9 Å². The van der Waals surface area contributed by atoms with E-state index in [9.17, 15) is 12.8 Å². The molecule has 3 N–H and O–H groups in total. The molecule has 0 atom stereocenters. The number of nitrogens with one attached hydrogen (secondary N) is 3. The maximum atomic E-state index is 15.1. The number of aromatic nitrogens is 3. The molecule has 0 spiro atoms. The molecule has 0 saturated heterocycles. The highest BCUT2D eigenvalue weighted by atomic mass is 35.5. The van der Waals surface area contributed by atoms with Gasteiger partial charge in [-0.15, -0.1) is 0 Å². The minimum Gasteiger partial charge on any atom is -0.480 e. The fraction of sp³-hybridized carbons (Fsp3) is 0.143. The molecule has 0 aliphatic heterocycles. The lowest BCUT2D eigenvalue weighted by Crippen LogP contribution is -2.16. The summed E-state index contributed by atoms with van der Waals surface area (Å²) in [5.74, 6) is -2.22. The molecule has 0 bridgehead atoms. The molecular weight excluding hydrogens is 476 g/mol. The molecule has 33 heavy (non-hydrogen) atoms. The van der Waals surface area contributed by atoms with Gasteiger partial charge in [0.1, 0.15) is 17.2 Å². The first-order valence-electron chi connectivity index (χ1n) is 9.56. The Morgan fingerprint density at radius 3 is 2.73 bits per heavy atom. The first-order chi connectivity index (χ1) is 15.7. The van der Waals surface area contributed by atoms with E-state index in [1.54, 1.807) is 6.20 Å². The molecule has 8 nitrogen and oxygen atoms in total. The number of benzene rings is 1. The molecule has 3 aromatic heterocycles. The second kappa shape index (κ2) is 8.83. The van der Waals surface area contributed by atoms with Crippen molar-refractivity contribution < 1.29 is 21.9 Å². The van der Waals surface area contributed by atoms with Gasteiger partial charge in [0.2, 0.25) is 5.88 Å². The number of hydrogen-bond acceptors (Lipinski definition) is 6. The normalized spacial score (nSPS) is 11.5. The standard InChI is InChI=1S/C21H18ClF2N5O3S/c1-11-7-26-20-14(11)5-12(9-27-20)8-25-19-15(23)3-4-16(18(19)24)29-33(30,31)17-6-13(22)10-28-21(17)32-2/h3-7,9-10,25,29H,8H2,1-2H3,(H,26,27). The molecule has 0 fully saturated rings. The Hall–Kier alpha value is -3.44. The van der Waals surface area contributed by atoms with Crippen LogP contribution >= 0.6 is 11.6 Å². The predicted octanol–water partition coefficient (Wildman–Crippen LogP) is 4.62. The van der Waals surface area contributed by atoms with Gasteiger partial charge in [-0.1, -0.05) is 11.6 Å². The molecule has 4 aromatic rings. The molecule has 12 heteroatoms. The van der Waals surface area contributed by atoms with Crippen LogP contribution in [0.25, 0.3) is 11.0 Å². The Bertz CT molecular complexity index is 1460. The van der Waals surface area contributed by atoms with Crippen LogP contribution in [0.4, 0.5) is 20.2 Å². The van der Waals surface area contributed by atoms with Crippen LogP contribution in [0.15, 0.2) is 47.8 Å². The number of anilines is 2. The number of aryl methyl sites for hydroxylation is 1. The zero-order valence-corrected chi connectivity index (χ0v) is 19.0. The van der Waals surface area contributed by atoms with Crippen molar-refractivity contribution in [3.8, 4) is 5.88 Å². The third-order valence-electron chi connectivity index (χ3n) is 4.87. The van der Waals surface area contributed by atoms with E-state index in [0.717, 1.165) is 29.1 Å². The van der Waals surface area contributed by atoms with E-state index in [1.165, 1.54) is 13.3 Å². The van der Waals surface area contributed by atoms with Gasteiger partial charge in [0.15, 0.2) is 10.7 Å². The first kappa shape index (κ1) is 22.7. The highest BCUT2D eigenvalue weighted by Crippen LogP contribution is 2.31. The van der Waals surface area contributed by atoms with E-state index in [2.05, 4.69) is 25.0 Å². The number of nitrogens with zero attached hydrogens (tertiary/aromatic N) is 2. The van der Waals surface area contributed by atoms with Crippen molar-refractivity contribution in [3.05, 3.63) is 70.6 Å². The van der Waals surface area contributed by atoms with Crippen molar-refractivity contribution in [1.82, 2.24) is 15.0 Å². The Balaban J connectivity index is 1.61. The summed E-state index contributed by atoms with van der Waals surface area (Å²) in [5.41, 5.74) is 1.42. The maximum absolute atomic E-state index is 15.1. The fourth-order valence-electron chi connectivity index (χ4n) is 3.21. The van der Waals surface area contributed by atoms with E-state index in [-0.39, 0.29) is 17.4 Å². The third kappa shape index (κ3) is 4.55. The molecule has 172 valence electrons. The zero-order valence-electron chi connectivity index (χ0n) is 17.4. The van der Waals surface area contributed by atoms with Crippen LogP contribution in [0.5, 0.6) is 5.88 Å². The number of halogens is 3. The second-order valence-electron chi connectivity index (χ2n) is 7.12. The molecule has 3 heterocycles. The van der Waals surface area contributed by atoms with E-state index >= 15 is 4.39 Å². The summed E-state index contributed by atoms with van der Waals surface area (Å²) in [6.45, 7) is 1.97. The molecular formula is C21H18ClF2N5O3S. The number of aromatic amines is 1. The van der Waals surface area contributed by atoms with Crippen LogP contribution in [0, 0.1) is 18.6 Å². The van der Waals surface area contributed by atoms with Crippen molar-refractivity contribution in [2.45, 2.75) is 18.4 Å². The molecule has 4 rings (SSSR count). The zero-order chi connectivity index (χ0) is 23.8. The van der Waals surface area contributed by atoms with Gasteiger partial charge >= 0.3 is 0 Å². The number of H-pyrrole nitrogens is 1. The van der Waals surface area contributed by atoms with Gasteiger partial charge in [-0.25, -0.2) is 27.2 Å². The lowest BCUT2D eigenvalue weighted by Gasteiger charge is -2.15. The second-order valence-corrected chi connectivity index (χ2v) is 9.20. The van der Waals surface area contributed by atoms with Crippen molar-refractivity contribution in [3.63, 3.8) is 0 Å². The van der Waals surface area contributed by atoms with E-state index in [0.29, 0.717) is 11.2 Å². The SMILES string of the molecule is COc1ncc(Cl)cc1S(=O)(=O)Nc1ccc(F)c(NCc2cnc3[nH]cc(C)c3c2)c1F. The predicted molar refractivity (Wildman–Crippen MR) is 121 cm³/mol. The molecule has 0 aliphatic carbocycles. The van der Waals surface area contributed by atoms with Gasteiger partial charge in [-0.05, 0) is 42.3 Å². The lowest BCUT2D eigenvalue weighted by molar-refractivity contribution is 0.385. The molecule has 0 unspecified atom stereocenters. The first-order valence-corrected chi connectivity index (χ1v) is 11.4. The number of hydrogen-bond donors (Lipinski definition) is 3. The summed E-state index contributed by atoms with van der Waals surface area (Å²) < 4.78 is 62.1. The third-order valence-corrected chi connectivity index (χ3v) is 6.43. The summed E-state index contributed by atoms with van der Waals surface area (Å²) in [6.07, 6.45) is 4.60. The summed E-state index contributed by atoms with van der Waals surface area (Å²) in [5, 5.41) is 3.61. The number of methoxy groups -OCH3 is 1.